The van der Waals surface area contributed by atoms with Gasteiger partial charge in [-0.2, -0.15) is 5.26 Å². The molecule has 1 amide bonds. The van der Waals surface area contributed by atoms with Gasteiger partial charge < -0.3 is 10.1 Å². The maximum absolute atomic E-state index is 13.5. The lowest BCUT2D eigenvalue weighted by Crippen LogP contribution is -2.29. The third-order valence-corrected chi connectivity index (χ3v) is 3.41. The lowest BCUT2D eigenvalue weighted by molar-refractivity contribution is -0.148. The van der Waals surface area contributed by atoms with Gasteiger partial charge in [0.15, 0.2) is 23.6 Å². The number of hydrogen-bond donors (Lipinski definition) is 1. The van der Waals surface area contributed by atoms with Crippen LogP contribution in [0.3, 0.4) is 0 Å². The van der Waals surface area contributed by atoms with Crippen molar-refractivity contribution in [3.05, 3.63) is 71.1 Å². The highest BCUT2D eigenvalue weighted by atomic mass is 19.2. The van der Waals surface area contributed by atoms with E-state index in [4.69, 9.17) is 10.00 Å². The molecule has 0 heterocycles. The zero-order valence-corrected chi connectivity index (χ0v) is 14.0. The van der Waals surface area contributed by atoms with E-state index in [-0.39, 0.29) is 0 Å². The number of nitrogens with zero attached hydrogens (tertiary/aromatic N) is 1. The van der Waals surface area contributed by atoms with Crippen LogP contribution in [0.4, 0.5) is 18.9 Å². The van der Waals surface area contributed by atoms with Crippen LogP contribution in [0.1, 0.15) is 18.1 Å². The molecule has 0 bridgehead atoms. The monoisotopic (exact) mass is 374 g/mol. The Kier molecular flexibility index (Phi) is 6.33. The highest BCUT2D eigenvalue weighted by molar-refractivity contribution is 5.96. The van der Waals surface area contributed by atoms with Crippen molar-refractivity contribution in [3.8, 4) is 6.07 Å². The lowest BCUT2D eigenvalue weighted by Gasteiger charge is -2.13. The van der Waals surface area contributed by atoms with Crippen molar-refractivity contribution >= 4 is 23.6 Å². The van der Waals surface area contributed by atoms with Gasteiger partial charge in [-0.3, -0.25) is 4.79 Å². The average Bonchev–Trinajstić information content (AvgIpc) is 2.67. The summed E-state index contributed by atoms with van der Waals surface area (Å²) in [4.78, 5) is 23.7. The predicted octanol–water partition coefficient (Wildman–Crippen LogP) is 3.56. The van der Waals surface area contributed by atoms with Crippen molar-refractivity contribution in [3.63, 3.8) is 0 Å². The summed E-state index contributed by atoms with van der Waals surface area (Å²) >= 11 is 0. The summed E-state index contributed by atoms with van der Waals surface area (Å²) in [7, 11) is 0. The molecule has 0 saturated heterocycles. The van der Waals surface area contributed by atoms with E-state index in [1.165, 1.54) is 13.0 Å². The van der Waals surface area contributed by atoms with Gasteiger partial charge in [0.25, 0.3) is 5.91 Å². The summed E-state index contributed by atoms with van der Waals surface area (Å²) in [5, 5.41) is 10.7. The fourth-order valence-electron chi connectivity index (χ4n) is 1.96. The second-order valence-electron chi connectivity index (χ2n) is 5.36. The fourth-order valence-corrected chi connectivity index (χ4v) is 1.96. The number of esters is 1. The van der Waals surface area contributed by atoms with Crippen molar-refractivity contribution in [2.75, 3.05) is 5.32 Å². The van der Waals surface area contributed by atoms with Crippen molar-refractivity contribution in [1.29, 1.82) is 5.26 Å². The molecule has 0 saturated carbocycles. The van der Waals surface area contributed by atoms with Crippen molar-refractivity contribution < 1.29 is 27.5 Å². The first kappa shape index (κ1) is 19.7. The summed E-state index contributed by atoms with van der Waals surface area (Å²) in [6.07, 6.45) is 1.18. The van der Waals surface area contributed by atoms with Gasteiger partial charge in [0, 0.05) is 6.08 Å². The number of hydrogen-bond acceptors (Lipinski definition) is 4. The van der Waals surface area contributed by atoms with E-state index in [1.807, 2.05) is 11.4 Å². The Bertz CT molecular complexity index is 934. The zero-order valence-electron chi connectivity index (χ0n) is 14.0. The summed E-state index contributed by atoms with van der Waals surface area (Å²) < 4.78 is 44.4. The summed E-state index contributed by atoms with van der Waals surface area (Å²) in [5.74, 6) is -6.42. The Hall–Kier alpha value is -3.60. The quantitative estimate of drug-likeness (QED) is 0.493. The Morgan fingerprint density at radius 2 is 1.78 bits per heavy atom. The second-order valence-corrected chi connectivity index (χ2v) is 5.36. The number of amides is 1. The molecule has 2 aromatic rings. The molecule has 2 aromatic carbocycles. The minimum Gasteiger partial charge on any atom is -0.449 e. The van der Waals surface area contributed by atoms with Crippen molar-refractivity contribution in [2.45, 2.75) is 13.0 Å². The number of nitrogens with one attached hydrogen (secondary N) is 1. The van der Waals surface area contributed by atoms with Crippen LogP contribution in [0, 0.1) is 28.8 Å². The van der Waals surface area contributed by atoms with Gasteiger partial charge in [-0.05, 0) is 42.8 Å². The molecule has 138 valence electrons. The maximum atomic E-state index is 13.5. The molecule has 0 aliphatic heterocycles. The van der Waals surface area contributed by atoms with E-state index < -0.39 is 41.1 Å². The van der Waals surface area contributed by atoms with Gasteiger partial charge in [-0.25, -0.2) is 18.0 Å². The molecular formula is C19H13F3N2O3. The second kappa shape index (κ2) is 8.67. The molecule has 0 aliphatic carbocycles. The standard InChI is InChI=1S/C19H13F3N2O3/c1-11(19(26)24-15-8-7-14(20)17(21)18(15)22)27-16(25)9-6-12-2-4-13(10-23)5-3-12/h2-9,11H,1H3,(H,24,26)/b9-6+/t11-/m1/s1. The third kappa shape index (κ3) is 5.19. The molecule has 0 fully saturated rings. The highest BCUT2D eigenvalue weighted by Crippen LogP contribution is 2.20. The molecule has 0 spiro atoms. The number of nitriles is 1. The van der Waals surface area contributed by atoms with Gasteiger partial charge in [-0.1, -0.05) is 12.1 Å². The molecule has 0 unspecified atom stereocenters. The van der Waals surface area contributed by atoms with E-state index in [9.17, 15) is 22.8 Å². The minimum absolute atomic E-state index is 0.462. The largest absolute Gasteiger partial charge is 0.449 e. The van der Waals surface area contributed by atoms with E-state index in [2.05, 4.69) is 0 Å². The number of anilines is 1. The molecule has 8 heteroatoms. The number of carbonyl (C=O) groups is 2. The van der Waals surface area contributed by atoms with Crippen LogP contribution < -0.4 is 5.32 Å². The van der Waals surface area contributed by atoms with Crippen LogP contribution in [-0.4, -0.2) is 18.0 Å². The number of benzene rings is 2. The predicted molar refractivity (Wildman–Crippen MR) is 90.7 cm³/mol. The van der Waals surface area contributed by atoms with E-state index in [0.717, 1.165) is 12.1 Å². The molecule has 27 heavy (non-hydrogen) atoms. The van der Waals surface area contributed by atoms with Crippen LogP contribution in [0.2, 0.25) is 0 Å². The van der Waals surface area contributed by atoms with Crippen molar-refractivity contribution in [2.24, 2.45) is 0 Å². The smallest absolute Gasteiger partial charge is 0.331 e. The van der Waals surface area contributed by atoms with Gasteiger partial charge in [0.05, 0.1) is 17.3 Å². The van der Waals surface area contributed by atoms with Crippen molar-refractivity contribution in [1.82, 2.24) is 0 Å². The number of ether oxygens (including phenoxy) is 1. The molecule has 1 N–H and O–H groups in total. The average molecular weight is 374 g/mol. The molecule has 5 nitrogen and oxygen atoms in total. The first-order valence-corrected chi connectivity index (χ1v) is 7.65. The Labute approximate surface area is 152 Å². The molecule has 0 radical (unpaired) electrons. The topological polar surface area (TPSA) is 79.2 Å². The number of halogens is 3. The van der Waals surface area contributed by atoms with Gasteiger partial charge in [0.2, 0.25) is 0 Å². The summed E-state index contributed by atoms with van der Waals surface area (Å²) in [6, 6.07) is 9.83. The van der Waals surface area contributed by atoms with Crippen LogP contribution in [0.25, 0.3) is 6.08 Å². The Morgan fingerprint density at radius 3 is 2.41 bits per heavy atom. The fraction of sp³-hybridized carbons (Fsp3) is 0.105. The van der Waals surface area contributed by atoms with Gasteiger partial charge in [-0.15, -0.1) is 0 Å². The number of rotatable bonds is 5. The first-order valence-electron chi connectivity index (χ1n) is 7.65. The Balaban J connectivity index is 1.95. The van der Waals surface area contributed by atoms with E-state index >= 15 is 0 Å². The zero-order chi connectivity index (χ0) is 20.0. The highest BCUT2D eigenvalue weighted by Gasteiger charge is 2.20. The van der Waals surface area contributed by atoms with Gasteiger partial charge >= 0.3 is 5.97 Å². The SMILES string of the molecule is C[C@@H](OC(=O)/C=C/c1ccc(C#N)cc1)C(=O)Nc1ccc(F)c(F)c1F. The summed E-state index contributed by atoms with van der Waals surface area (Å²) in [5.41, 5.74) is 0.520. The number of carbonyl (C=O) groups excluding carboxylic acids is 2. The van der Waals surface area contributed by atoms with E-state index in [0.29, 0.717) is 17.2 Å². The van der Waals surface area contributed by atoms with Crippen LogP contribution >= 0.6 is 0 Å². The lowest BCUT2D eigenvalue weighted by atomic mass is 10.1. The normalized spacial score (nSPS) is 11.7. The molecule has 0 aliphatic rings. The maximum Gasteiger partial charge on any atom is 0.331 e. The van der Waals surface area contributed by atoms with E-state index in [1.54, 1.807) is 24.3 Å². The van der Waals surface area contributed by atoms with Gasteiger partial charge in [0.1, 0.15) is 0 Å². The minimum atomic E-state index is -1.72. The van der Waals surface area contributed by atoms with Crippen LogP contribution in [0.15, 0.2) is 42.5 Å². The van der Waals surface area contributed by atoms with Crippen LogP contribution in [0.5, 0.6) is 0 Å². The third-order valence-electron chi connectivity index (χ3n) is 3.41. The molecule has 0 aromatic heterocycles. The van der Waals surface area contributed by atoms with Crippen LogP contribution in [-0.2, 0) is 14.3 Å². The molecule has 2 rings (SSSR count). The molecule has 1 atom stereocenters. The molecular weight excluding hydrogens is 361 g/mol. The summed E-state index contributed by atoms with van der Waals surface area (Å²) in [6.45, 7) is 1.24. The Morgan fingerprint density at radius 1 is 1.11 bits per heavy atom. The first-order chi connectivity index (χ1) is 12.8.